The van der Waals surface area contributed by atoms with E-state index in [0.717, 1.165) is 5.56 Å². The second-order valence-corrected chi connectivity index (χ2v) is 17.7. The molecule has 17 heteroatoms. The summed E-state index contributed by atoms with van der Waals surface area (Å²) in [6.45, 7) is 14.7. The molecule has 3 fully saturated rings. The number of nitrogens with one attached hydrogen (secondary N) is 1. The molecule has 3 aliphatic rings. The highest BCUT2D eigenvalue weighted by Gasteiger charge is 2.59. The van der Waals surface area contributed by atoms with E-state index in [4.69, 9.17) is 29.4 Å². The number of hydrogen-bond acceptors (Lipinski definition) is 14. The molecule has 3 saturated heterocycles. The van der Waals surface area contributed by atoms with Gasteiger partial charge in [0.05, 0.1) is 36.1 Å². The van der Waals surface area contributed by atoms with Crippen molar-refractivity contribution in [2.75, 3.05) is 33.5 Å². The summed E-state index contributed by atoms with van der Waals surface area (Å²) in [6.07, 6.45) is -1.12. The van der Waals surface area contributed by atoms with Crippen LogP contribution in [0.4, 0.5) is 10.5 Å². The summed E-state index contributed by atoms with van der Waals surface area (Å²) in [5.41, 5.74) is 5.45. The largest absolute Gasteiger partial charge is 0.458 e. The van der Waals surface area contributed by atoms with Crippen LogP contribution < -0.4 is 11.1 Å². The third kappa shape index (κ3) is 13.3. The minimum absolute atomic E-state index is 0. The number of nitrogen functional groups attached to an aromatic ring is 1. The predicted molar refractivity (Wildman–Crippen MR) is 256 cm³/mol. The van der Waals surface area contributed by atoms with E-state index in [1.165, 1.54) is 14.0 Å². The van der Waals surface area contributed by atoms with Crippen molar-refractivity contribution in [1.82, 2.24) is 30.1 Å². The number of benzene rings is 1. The van der Waals surface area contributed by atoms with Crippen LogP contribution in [0.3, 0.4) is 0 Å². The first-order chi connectivity index (χ1) is 28.2. The number of unbranched alkanes of at least 4 members (excludes halogenated alkanes) is 1. The quantitative estimate of drug-likeness (QED) is 0.0898. The fourth-order valence-electron chi connectivity index (χ4n) is 9.34. The van der Waals surface area contributed by atoms with Crippen LogP contribution >= 0.6 is 0 Å². The van der Waals surface area contributed by atoms with E-state index in [9.17, 15) is 24.3 Å². The number of Topliss-reactive ketones (excluding diaryl/α,β-unsaturated/α-hetero) is 1. The number of hydrogen-bond donors (Lipinski definition) is 3. The van der Waals surface area contributed by atoms with Crippen LogP contribution in [0.2, 0.25) is 0 Å². The van der Waals surface area contributed by atoms with Crippen molar-refractivity contribution in [3.8, 4) is 11.3 Å². The van der Waals surface area contributed by atoms with Crippen LogP contribution in [0, 0.1) is 17.8 Å². The number of ketones is 1. The monoisotopic (exact) mass is 922 g/mol. The first-order valence-corrected chi connectivity index (χ1v) is 21.2. The Bertz CT molecular complexity index is 1830. The Morgan fingerprint density at radius 1 is 1.00 bits per heavy atom. The average molecular weight is 922 g/mol. The number of carbonyl (C=O) groups is 4. The number of nitrogens with two attached hydrogens (primary N) is 1. The second kappa shape index (κ2) is 25.1. The van der Waals surface area contributed by atoms with Gasteiger partial charge in [-0.15, -0.1) is 5.10 Å². The molecule has 3 aliphatic heterocycles. The molecule has 2 aromatic rings. The van der Waals surface area contributed by atoms with Crippen LogP contribution in [-0.2, 0) is 44.6 Å². The number of likely N-dealkylation sites (N-methyl/N-ethyl adjacent to an activating group) is 1. The Morgan fingerprint density at radius 2 is 1.65 bits per heavy atom. The van der Waals surface area contributed by atoms with Gasteiger partial charge in [0.15, 0.2) is 17.7 Å². The number of anilines is 1. The topological polar surface area (TPSA) is 210 Å². The van der Waals surface area contributed by atoms with E-state index in [1.54, 1.807) is 43.3 Å². The van der Waals surface area contributed by atoms with Crippen molar-refractivity contribution in [3.05, 3.63) is 30.5 Å². The summed E-state index contributed by atoms with van der Waals surface area (Å²) >= 11 is 0. The zero-order chi connectivity index (χ0) is 44.3. The number of aromatic nitrogens is 3. The van der Waals surface area contributed by atoms with Crippen LogP contribution in [0.15, 0.2) is 30.5 Å². The molecule has 5 rings (SSSR count). The van der Waals surface area contributed by atoms with Gasteiger partial charge in [-0.2, -0.15) is 0 Å². The number of aliphatic hydroxyl groups is 1. The van der Waals surface area contributed by atoms with Gasteiger partial charge in [-0.1, -0.05) is 75.3 Å². The smallest absolute Gasteiger partial charge is 0.410 e. The number of aryl methyl sites for hydroxylation is 1. The molecule has 0 aliphatic carbocycles. The Balaban J connectivity index is 0.00000819. The van der Waals surface area contributed by atoms with Gasteiger partial charge in [0.1, 0.15) is 23.8 Å². The standard InChI is InChI=1S/C43H67N7O10.5CH4/c1-12-33-43(8)36(50(41(55)60-43)19-14-13-18-49-23-31(46-47-49)29-16-15-17-30(44)21-29)28(6)45-38(53)24(2)22-42(7,56-11)37(26(4)34(51)27(5)39(54)58-33)59-40-35(52)32(48(9)10)20-25(3)57-40;;;;;/h15-17,21,23-28,32-33,35-37,40,52H,12-14,18-20,22,44H2,1-11H3,(H,45,53);5*1H4/t24-,25?,26+,27?,28-,32?,33-,35?,36-,37-,40+,42-,43-;;;;;/m1...../s1. The van der Waals surface area contributed by atoms with Crippen LogP contribution in [-0.4, -0.2) is 141 Å². The highest BCUT2D eigenvalue weighted by Crippen LogP contribution is 2.40. The molecule has 65 heavy (non-hydrogen) atoms. The summed E-state index contributed by atoms with van der Waals surface area (Å²) in [5.74, 6) is -4.50. The van der Waals surface area contributed by atoms with E-state index < -0.39 is 83.5 Å². The SMILES string of the molecule is C.C.C.C.C.CC[C@H]1OC(=O)C(C)C(=O)[C@H](C)[C@@H](O[C@@H]2OC(C)CC(N(C)C)C2O)[C@](C)(OC)C[C@@H](C)C(=O)N[C@H](C)[C@H]2N(CCCCn3cc(-c4cccc(N)c4)nn3)C(=O)O[C@]12C. The Hall–Kier alpha value is -4.16. The molecule has 0 bridgehead atoms. The van der Waals surface area contributed by atoms with Crippen LogP contribution in [0.5, 0.6) is 0 Å². The molecule has 1 aromatic carbocycles. The molecular weight excluding hydrogens is 835 g/mol. The number of amides is 2. The van der Waals surface area contributed by atoms with Gasteiger partial charge in [0, 0.05) is 49.3 Å². The van der Waals surface area contributed by atoms with Crippen molar-refractivity contribution in [1.29, 1.82) is 0 Å². The Morgan fingerprint density at radius 3 is 2.25 bits per heavy atom. The molecular formula is C48H87N7O10. The lowest BCUT2D eigenvalue weighted by Crippen LogP contribution is -2.61. The first-order valence-electron chi connectivity index (χ1n) is 21.2. The van der Waals surface area contributed by atoms with Gasteiger partial charge in [-0.25, -0.2) is 4.79 Å². The van der Waals surface area contributed by atoms with Gasteiger partial charge in [0.2, 0.25) is 5.91 Å². The van der Waals surface area contributed by atoms with Gasteiger partial charge in [0.25, 0.3) is 0 Å². The maximum absolute atomic E-state index is 14.4. The number of rotatable bonds is 11. The average Bonchev–Trinajstić information content (AvgIpc) is 3.78. The predicted octanol–water partition coefficient (Wildman–Crippen LogP) is 6.99. The summed E-state index contributed by atoms with van der Waals surface area (Å²) < 4.78 is 32.9. The molecule has 0 radical (unpaired) electrons. The Kier molecular flexibility index (Phi) is 23.5. The molecule has 1 aromatic heterocycles. The number of carbonyl (C=O) groups excluding carboxylic acids is 4. The molecule has 17 nitrogen and oxygen atoms in total. The van der Waals surface area contributed by atoms with Crippen molar-refractivity contribution in [3.63, 3.8) is 0 Å². The third-order valence-electron chi connectivity index (χ3n) is 12.8. The maximum Gasteiger partial charge on any atom is 0.410 e. The van der Waals surface area contributed by atoms with E-state index in [1.807, 2.05) is 64.2 Å². The highest BCUT2D eigenvalue weighted by molar-refractivity contribution is 6.00. The minimum atomic E-state index is -1.40. The van der Waals surface area contributed by atoms with E-state index in [-0.39, 0.29) is 74.6 Å². The number of esters is 1. The van der Waals surface area contributed by atoms with Crippen molar-refractivity contribution >= 4 is 29.4 Å². The number of cyclic esters (lactones) is 1. The van der Waals surface area contributed by atoms with Crippen LogP contribution in [0.25, 0.3) is 11.3 Å². The number of fused-ring (bicyclic) bond motifs is 1. The molecule has 0 spiro atoms. The zero-order valence-electron chi connectivity index (χ0n) is 37.1. The molecule has 2 amide bonds. The van der Waals surface area contributed by atoms with Gasteiger partial charge in [-0.05, 0) is 93.0 Å². The van der Waals surface area contributed by atoms with Crippen LogP contribution in [0.1, 0.15) is 125 Å². The molecule has 13 atom stereocenters. The summed E-state index contributed by atoms with van der Waals surface area (Å²) in [7, 11) is 5.21. The van der Waals surface area contributed by atoms with Gasteiger partial charge < -0.3 is 44.7 Å². The van der Waals surface area contributed by atoms with Crippen molar-refractivity contribution in [2.24, 2.45) is 17.8 Å². The van der Waals surface area contributed by atoms with E-state index >= 15 is 0 Å². The van der Waals surface area contributed by atoms with Gasteiger partial charge >= 0.3 is 12.1 Å². The normalized spacial score (nSPS) is 33.2. The number of nitrogens with zero attached hydrogens (tertiary/aromatic N) is 5. The fourth-order valence-corrected chi connectivity index (χ4v) is 9.34. The number of ether oxygens (including phenoxy) is 5. The lowest BCUT2D eigenvalue weighted by Gasteiger charge is -2.46. The summed E-state index contributed by atoms with van der Waals surface area (Å²) in [5, 5.41) is 23.1. The van der Waals surface area contributed by atoms with Crippen molar-refractivity contribution in [2.45, 2.75) is 191 Å². The zero-order valence-corrected chi connectivity index (χ0v) is 37.1. The molecule has 0 saturated carbocycles. The molecule has 4 N–H and O–H groups in total. The number of aliphatic hydroxyl groups excluding tert-OH is 1. The Labute approximate surface area is 390 Å². The summed E-state index contributed by atoms with van der Waals surface area (Å²) in [4.78, 5) is 59.9. The number of methoxy groups -OCH3 is 1. The summed E-state index contributed by atoms with van der Waals surface area (Å²) in [6, 6.07) is 5.70. The molecule has 4 heterocycles. The highest BCUT2D eigenvalue weighted by atomic mass is 16.7. The van der Waals surface area contributed by atoms with Gasteiger partial charge in [-0.3, -0.25) is 24.0 Å². The van der Waals surface area contributed by atoms with Crippen molar-refractivity contribution < 1.29 is 48.0 Å². The third-order valence-corrected chi connectivity index (χ3v) is 12.8. The second-order valence-electron chi connectivity index (χ2n) is 17.7. The fraction of sp³-hybridized carbons (Fsp3) is 0.750. The lowest BCUT2D eigenvalue weighted by atomic mass is 9.78. The maximum atomic E-state index is 14.4. The van der Waals surface area contributed by atoms with E-state index in [2.05, 4.69) is 15.6 Å². The molecule has 4 unspecified atom stereocenters. The van der Waals surface area contributed by atoms with E-state index in [0.29, 0.717) is 37.2 Å². The first kappa shape index (κ1) is 60.8. The minimum Gasteiger partial charge on any atom is -0.458 e. The molecule has 374 valence electrons. The lowest BCUT2D eigenvalue weighted by molar-refractivity contribution is -0.295.